The topological polar surface area (TPSA) is 64.8 Å². The number of hydrogen-bond donors (Lipinski definition) is 1. The number of fused-ring (bicyclic) bond motifs is 1. The highest BCUT2D eigenvalue weighted by molar-refractivity contribution is 6.00. The first-order valence-electron chi connectivity index (χ1n) is 12.4. The van der Waals surface area contributed by atoms with Crippen LogP contribution in [-0.2, 0) is 29.6 Å². The molecule has 4 aromatic rings. The van der Waals surface area contributed by atoms with Gasteiger partial charge in [0.05, 0.1) is 5.71 Å². The van der Waals surface area contributed by atoms with Crippen LogP contribution in [-0.4, -0.2) is 29.4 Å². The number of oxime groups is 1. The fraction of sp³-hybridized carbons (Fsp3) is 0.267. The van der Waals surface area contributed by atoms with E-state index in [0.29, 0.717) is 19.0 Å². The van der Waals surface area contributed by atoms with Gasteiger partial charge in [0.2, 0.25) is 0 Å². The zero-order valence-corrected chi connectivity index (χ0v) is 20.9. The van der Waals surface area contributed by atoms with Crippen LogP contribution in [0.25, 0.3) is 10.8 Å². The maximum Gasteiger partial charge on any atom is 0.258 e. The van der Waals surface area contributed by atoms with Gasteiger partial charge in [0.15, 0.2) is 12.5 Å². The average molecular weight is 484 g/mol. The Morgan fingerprint density at radius 2 is 1.72 bits per heavy atom. The highest BCUT2D eigenvalue weighted by atomic mass is 16.6. The highest BCUT2D eigenvalue weighted by Crippen LogP contribution is 2.18. The van der Waals surface area contributed by atoms with Gasteiger partial charge < -0.3 is 19.5 Å². The predicted octanol–water partition coefficient (Wildman–Crippen LogP) is 5.64. The molecule has 0 radical (unpaired) electrons. The highest BCUT2D eigenvalue weighted by Gasteiger charge is 2.11. The van der Waals surface area contributed by atoms with Crippen LogP contribution < -0.4 is 10.1 Å². The Labute approximate surface area is 212 Å². The van der Waals surface area contributed by atoms with Crippen molar-refractivity contribution in [3.63, 3.8) is 0 Å². The molecule has 36 heavy (non-hydrogen) atoms. The lowest BCUT2D eigenvalue weighted by molar-refractivity contribution is -0.123. The number of nitrogens with one attached hydrogen (secondary N) is 1. The molecule has 0 aliphatic heterocycles. The minimum atomic E-state index is -0.169. The summed E-state index contributed by atoms with van der Waals surface area (Å²) in [6.07, 6.45) is 4.54. The van der Waals surface area contributed by atoms with E-state index in [2.05, 4.69) is 46.9 Å². The molecule has 1 aromatic heterocycles. The van der Waals surface area contributed by atoms with Crippen LogP contribution in [0.5, 0.6) is 5.88 Å². The molecule has 1 amide bonds. The maximum atomic E-state index is 12.4. The Morgan fingerprint density at radius 3 is 2.53 bits per heavy atom. The molecule has 0 aliphatic carbocycles. The summed E-state index contributed by atoms with van der Waals surface area (Å²) >= 11 is 0. The molecule has 0 spiro atoms. The number of amides is 1. The fourth-order valence-corrected chi connectivity index (χ4v) is 4.02. The molecule has 6 heteroatoms. The third-order valence-electron chi connectivity index (χ3n) is 6.00. The van der Waals surface area contributed by atoms with E-state index in [-0.39, 0.29) is 12.5 Å². The number of rotatable bonds is 12. The quantitative estimate of drug-likeness (QED) is 0.161. The Hall–Kier alpha value is -4.06. The Kier molecular flexibility index (Phi) is 8.76. The van der Waals surface area contributed by atoms with Crippen LogP contribution in [0.3, 0.4) is 0 Å². The smallest absolute Gasteiger partial charge is 0.258 e. The Balaban J connectivity index is 1.24. The molecule has 0 bridgehead atoms. The lowest BCUT2D eigenvalue weighted by atomic mass is 10.1. The molecule has 4 rings (SSSR count). The van der Waals surface area contributed by atoms with Crippen molar-refractivity contribution >= 4 is 22.4 Å². The molecule has 0 unspecified atom stereocenters. The first-order chi connectivity index (χ1) is 17.6. The fourth-order valence-electron chi connectivity index (χ4n) is 4.02. The molecule has 0 saturated heterocycles. The van der Waals surface area contributed by atoms with Gasteiger partial charge in [-0.3, -0.25) is 4.79 Å². The predicted molar refractivity (Wildman–Crippen MR) is 144 cm³/mol. The van der Waals surface area contributed by atoms with Crippen LogP contribution in [0.2, 0.25) is 0 Å². The summed E-state index contributed by atoms with van der Waals surface area (Å²) in [4.78, 5) is 18.0. The van der Waals surface area contributed by atoms with Crippen molar-refractivity contribution in [1.29, 1.82) is 0 Å². The number of ether oxygens (including phenoxy) is 1. The van der Waals surface area contributed by atoms with Crippen molar-refractivity contribution in [2.45, 2.75) is 32.7 Å². The van der Waals surface area contributed by atoms with E-state index in [4.69, 9.17) is 9.57 Å². The van der Waals surface area contributed by atoms with E-state index in [1.165, 1.54) is 10.9 Å². The number of hydrogen-bond acceptors (Lipinski definition) is 4. The van der Waals surface area contributed by atoms with E-state index in [9.17, 15) is 4.79 Å². The van der Waals surface area contributed by atoms with Crippen molar-refractivity contribution in [3.05, 3.63) is 102 Å². The molecule has 0 atom stereocenters. The van der Waals surface area contributed by atoms with Crippen LogP contribution >= 0.6 is 0 Å². The second-order valence-electron chi connectivity index (χ2n) is 8.74. The summed E-state index contributed by atoms with van der Waals surface area (Å²) in [5.74, 6) is 0.438. The van der Waals surface area contributed by atoms with Gasteiger partial charge in [0.1, 0.15) is 6.61 Å². The van der Waals surface area contributed by atoms with Crippen molar-refractivity contribution in [2.75, 3.05) is 13.2 Å². The van der Waals surface area contributed by atoms with E-state index in [0.717, 1.165) is 41.5 Å². The second-order valence-corrected chi connectivity index (χ2v) is 8.74. The molecular formula is C30H33N3O3. The van der Waals surface area contributed by atoms with Gasteiger partial charge in [-0.2, -0.15) is 0 Å². The molecule has 1 N–H and O–H groups in total. The van der Waals surface area contributed by atoms with Crippen molar-refractivity contribution in [1.82, 2.24) is 9.88 Å². The number of aryl methyl sites for hydroxylation is 2. The van der Waals surface area contributed by atoms with Crippen LogP contribution in [0.15, 0.2) is 90.2 Å². The third kappa shape index (κ3) is 6.98. The van der Waals surface area contributed by atoms with Crippen LogP contribution in [0, 0.1) is 0 Å². The van der Waals surface area contributed by atoms with Crippen molar-refractivity contribution in [3.8, 4) is 5.88 Å². The molecule has 6 nitrogen and oxygen atoms in total. The molecule has 186 valence electrons. The van der Waals surface area contributed by atoms with Crippen LogP contribution in [0.1, 0.15) is 36.5 Å². The maximum absolute atomic E-state index is 12.4. The van der Waals surface area contributed by atoms with Crippen molar-refractivity contribution in [2.24, 2.45) is 12.2 Å². The van der Waals surface area contributed by atoms with E-state index in [1.54, 1.807) is 0 Å². The van der Waals surface area contributed by atoms with Gasteiger partial charge in [-0.15, -0.1) is 0 Å². The van der Waals surface area contributed by atoms with Gasteiger partial charge >= 0.3 is 0 Å². The van der Waals surface area contributed by atoms with Gasteiger partial charge in [-0.05, 0) is 47.2 Å². The molecule has 1 heterocycles. The lowest BCUT2D eigenvalue weighted by Gasteiger charge is -2.08. The monoisotopic (exact) mass is 483 g/mol. The lowest BCUT2D eigenvalue weighted by Crippen LogP contribution is -2.28. The van der Waals surface area contributed by atoms with Gasteiger partial charge in [-0.1, -0.05) is 78.8 Å². The molecule has 0 fully saturated rings. The van der Waals surface area contributed by atoms with Crippen molar-refractivity contribution < 1.29 is 14.4 Å². The number of nitrogens with zero attached hydrogens (tertiary/aromatic N) is 2. The Bertz CT molecular complexity index is 1310. The normalized spacial score (nSPS) is 11.4. The van der Waals surface area contributed by atoms with Crippen LogP contribution in [0.4, 0.5) is 0 Å². The summed E-state index contributed by atoms with van der Waals surface area (Å²) in [6.45, 7) is 3.00. The first-order valence-corrected chi connectivity index (χ1v) is 12.4. The zero-order valence-electron chi connectivity index (χ0n) is 20.9. The number of aromatic nitrogens is 1. The van der Waals surface area contributed by atoms with Gasteiger partial charge in [0, 0.05) is 31.4 Å². The van der Waals surface area contributed by atoms with Gasteiger partial charge in [0.25, 0.3) is 5.91 Å². The molecular weight excluding hydrogens is 450 g/mol. The van der Waals surface area contributed by atoms with E-state index < -0.39 is 0 Å². The van der Waals surface area contributed by atoms with E-state index in [1.807, 2.05) is 67.2 Å². The minimum Gasteiger partial charge on any atom is -0.469 e. The summed E-state index contributed by atoms with van der Waals surface area (Å²) in [5, 5.41) is 9.62. The number of carbonyl (C=O) groups is 1. The standard InChI is InChI=1S/C30H33N3O3/c1-3-28(32-36-17-9-12-23-10-5-4-6-11-23)27-19-30(33(2)21-27)35-22-29(34)31-20-24-15-16-25-13-7-8-14-26(25)18-24/h4-8,10-11,13-16,18-19,21H,3,9,12,17,20,22H2,1-2H3,(H,31,34)/b32-28+. The summed E-state index contributed by atoms with van der Waals surface area (Å²) in [5.41, 5.74) is 4.12. The second kappa shape index (κ2) is 12.6. The number of benzene rings is 3. The number of carbonyl (C=O) groups excluding carboxylic acids is 1. The van der Waals surface area contributed by atoms with E-state index >= 15 is 0 Å². The summed E-state index contributed by atoms with van der Waals surface area (Å²) in [7, 11) is 1.89. The molecule has 0 aliphatic rings. The molecule has 3 aromatic carbocycles. The average Bonchev–Trinajstić information content (AvgIpc) is 3.28. The largest absolute Gasteiger partial charge is 0.469 e. The SMILES string of the molecule is CC/C(=N\OCCCc1ccccc1)c1cc(OCC(=O)NCc2ccc3ccccc3c2)n(C)c1. The third-order valence-corrected chi connectivity index (χ3v) is 6.00. The summed E-state index contributed by atoms with van der Waals surface area (Å²) < 4.78 is 7.63. The summed E-state index contributed by atoms with van der Waals surface area (Å²) in [6, 6.07) is 26.6. The Morgan fingerprint density at radius 1 is 0.944 bits per heavy atom. The molecule has 0 saturated carbocycles. The first kappa shape index (κ1) is 25.0. The zero-order chi connectivity index (χ0) is 25.2. The minimum absolute atomic E-state index is 0.0561. The van der Waals surface area contributed by atoms with Gasteiger partial charge in [-0.25, -0.2) is 0 Å².